The fourth-order valence-corrected chi connectivity index (χ4v) is 4.28. The predicted molar refractivity (Wildman–Crippen MR) is 109 cm³/mol. The van der Waals surface area contributed by atoms with Gasteiger partial charge in [-0.1, -0.05) is 23.8 Å². The number of quaternary nitrogens is 1. The highest BCUT2D eigenvalue weighted by Crippen LogP contribution is 2.28. The van der Waals surface area contributed by atoms with Crippen molar-refractivity contribution in [2.75, 3.05) is 33.7 Å². The van der Waals surface area contributed by atoms with Gasteiger partial charge in [0, 0.05) is 18.9 Å². The van der Waals surface area contributed by atoms with E-state index in [2.05, 4.69) is 15.6 Å². The maximum Gasteiger partial charge on any atom is 0.309 e. The first-order valence-electron chi connectivity index (χ1n) is 9.27. The Bertz CT molecular complexity index is 929. The molecule has 1 aromatic heterocycles. The van der Waals surface area contributed by atoms with E-state index in [-0.39, 0.29) is 11.4 Å². The molecule has 0 aliphatic rings. The van der Waals surface area contributed by atoms with Crippen molar-refractivity contribution in [1.29, 1.82) is 0 Å². The topological polar surface area (TPSA) is 110 Å². The highest BCUT2D eigenvalue weighted by atomic mass is 32.2. The molecule has 29 heavy (non-hydrogen) atoms. The fourth-order valence-electron chi connectivity index (χ4n) is 2.64. The third kappa shape index (κ3) is 6.37. The van der Waals surface area contributed by atoms with Crippen LogP contribution in [0.15, 0.2) is 53.7 Å². The van der Waals surface area contributed by atoms with E-state index in [9.17, 15) is 18.0 Å². The first-order valence-corrected chi connectivity index (χ1v) is 10.8. The van der Waals surface area contributed by atoms with E-state index in [4.69, 9.17) is 0 Å². The standard InChI is InChI=1S/C20H26N4O4S/c1-15-6-8-17(9-7-15)29(27,28)18(16-5-4-10-21-13-16)14-23-20(26)19(25)22-11-12-24(2)3/h4-10,13,18H,11-12,14H2,1-3H3,(H,22,25)(H,23,26)/p+1/t18-/m0/s1. The summed E-state index contributed by atoms with van der Waals surface area (Å²) in [4.78, 5) is 29.3. The van der Waals surface area contributed by atoms with E-state index in [1.807, 2.05) is 21.0 Å². The first kappa shape index (κ1) is 22.5. The van der Waals surface area contributed by atoms with Gasteiger partial charge in [0.1, 0.15) is 5.25 Å². The molecule has 0 radical (unpaired) electrons. The number of amides is 2. The normalized spacial score (nSPS) is 12.4. The number of hydrogen-bond acceptors (Lipinski definition) is 5. The maximum atomic E-state index is 13.2. The third-order valence-electron chi connectivity index (χ3n) is 4.35. The number of aryl methyl sites for hydroxylation is 1. The Morgan fingerprint density at radius 3 is 2.31 bits per heavy atom. The average molecular weight is 420 g/mol. The molecule has 0 unspecified atom stereocenters. The van der Waals surface area contributed by atoms with Crippen molar-refractivity contribution >= 4 is 21.7 Å². The molecular formula is C20H27N4O4S+. The molecule has 0 fully saturated rings. The average Bonchev–Trinajstić information content (AvgIpc) is 2.68. The molecular weight excluding hydrogens is 392 g/mol. The lowest BCUT2D eigenvalue weighted by molar-refractivity contribution is -0.856. The summed E-state index contributed by atoms with van der Waals surface area (Å²) in [5, 5.41) is 3.89. The lowest BCUT2D eigenvalue weighted by atomic mass is 10.2. The van der Waals surface area contributed by atoms with Crippen LogP contribution in [0, 0.1) is 6.92 Å². The van der Waals surface area contributed by atoms with Gasteiger partial charge in [-0.15, -0.1) is 0 Å². The summed E-state index contributed by atoms with van der Waals surface area (Å²) in [5.74, 6) is -1.66. The molecule has 0 spiro atoms. The Hall–Kier alpha value is -2.78. The Morgan fingerprint density at radius 2 is 1.72 bits per heavy atom. The van der Waals surface area contributed by atoms with Gasteiger partial charge in [0.2, 0.25) is 0 Å². The molecule has 9 heteroatoms. The van der Waals surface area contributed by atoms with Crippen molar-refractivity contribution in [1.82, 2.24) is 15.6 Å². The summed E-state index contributed by atoms with van der Waals surface area (Å²) >= 11 is 0. The number of nitrogens with zero attached hydrogens (tertiary/aromatic N) is 1. The molecule has 1 atom stereocenters. The molecule has 1 aromatic carbocycles. The second-order valence-electron chi connectivity index (χ2n) is 7.06. The largest absolute Gasteiger partial charge is 0.346 e. The van der Waals surface area contributed by atoms with Crippen LogP contribution in [0.1, 0.15) is 16.4 Å². The van der Waals surface area contributed by atoms with Crippen LogP contribution >= 0.6 is 0 Å². The molecule has 2 aromatic rings. The van der Waals surface area contributed by atoms with Gasteiger partial charge in [0.15, 0.2) is 9.84 Å². The van der Waals surface area contributed by atoms with Crippen molar-refractivity contribution in [3.05, 3.63) is 59.9 Å². The zero-order chi connectivity index (χ0) is 21.4. The summed E-state index contributed by atoms with van der Waals surface area (Å²) < 4.78 is 26.4. The van der Waals surface area contributed by atoms with Crippen molar-refractivity contribution in [2.45, 2.75) is 17.1 Å². The Labute approximate surface area is 171 Å². The highest BCUT2D eigenvalue weighted by Gasteiger charge is 2.30. The molecule has 156 valence electrons. The van der Waals surface area contributed by atoms with Crippen molar-refractivity contribution in [3.8, 4) is 0 Å². The van der Waals surface area contributed by atoms with E-state index in [1.54, 1.807) is 24.3 Å². The van der Waals surface area contributed by atoms with Crippen LogP contribution in [0.2, 0.25) is 0 Å². The predicted octanol–water partition coefficient (Wildman–Crippen LogP) is -0.718. The summed E-state index contributed by atoms with van der Waals surface area (Å²) in [7, 11) is 0.0522. The van der Waals surface area contributed by atoms with Gasteiger partial charge in [-0.05, 0) is 30.7 Å². The maximum absolute atomic E-state index is 13.2. The van der Waals surface area contributed by atoms with Crippen molar-refractivity contribution in [2.24, 2.45) is 0 Å². The minimum Gasteiger partial charge on any atom is -0.346 e. The SMILES string of the molecule is Cc1ccc(S(=O)(=O)[C@@H](CNC(=O)C(=O)NCC[NH+](C)C)c2cccnc2)cc1. The number of pyridine rings is 1. The fraction of sp³-hybridized carbons (Fsp3) is 0.350. The van der Waals surface area contributed by atoms with Gasteiger partial charge >= 0.3 is 11.8 Å². The lowest BCUT2D eigenvalue weighted by Crippen LogP contribution is -3.06. The number of nitrogens with one attached hydrogen (secondary N) is 3. The van der Waals surface area contributed by atoms with Gasteiger partial charge in [0.25, 0.3) is 0 Å². The Kier molecular flexibility index (Phi) is 7.86. The van der Waals surface area contributed by atoms with Crippen LogP contribution < -0.4 is 15.5 Å². The van der Waals surface area contributed by atoms with E-state index < -0.39 is 26.9 Å². The molecule has 0 saturated carbocycles. The molecule has 2 amide bonds. The summed E-state index contributed by atoms with van der Waals surface area (Å²) in [6.45, 7) is 2.64. The van der Waals surface area contributed by atoms with E-state index in [1.165, 1.54) is 24.5 Å². The number of rotatable bonds is 8. The number of benzene rings is 1. The summed E-state index contributed by atoms with van der Waals surface area (Å²) in [6, 6.07) is 9.76. The molecule has 0 bridgehead atoms. The zero-order valence-corrected chi connectivity index (χ0v) is 17.6. The van der Waals surface area contributed by atoms with E-state index in [0.717, 1.165) is 10.5 Å². The van der Waals surface area contributed by atoms with Gasteiger partial charge in [-0.3, -0.25) is 14.6 Å². The molecule has 8 nitrogen and oxygen atoms in total. The molecule has 3 N–H and O–H groups in total. The van der Waals surface area contributed by atoms with Crippen LogP contribution in [-0.2, 0) is 19.4 Å². The molecule has 0 aliphatic carbocycles. The number of sulfone groups is 1. The number of aromatic nitrogens is 1. The third-order valence-corrected chi connectivity index (χ3v) is 6.46. The van der Waals surface area contributed by atoms with Gasteiger partial charge < -0.3 is 15.5 Å². The van der Waals surface area contributed by atoms with E-state index in [0.29, 0.717) is 18.7 Å². The van der Waals surface area contributed by atoms with E-state index >= 15 is 0 Å². The van der Waals surface area contributed by atoms with Crippen LogP contribution in [0.3, 0.4) is 0 Å². The lowest BCUT2D eigenvalue weighted by Gasteiger charge is -2.19. The highest BCUT2D eigenvalue weighted by molar-refractivity contribution is 7.91. The number of carbonyl (C=O) groups is 2. The van der Waals surface area contributed by atoms with Crippen LogP contribution in [0.5, 0.6) is 0 Å². The van der Waals surface area contributed by atoms with Crippen LogP contribution in [0.25, 0.3) is 0 Å². The summed E-state index contributed by atoms with van der Waals surface area (Å²) in [6.07, 6.45) is 2.99. The van der Waals surface area contributed by atoms with Crippen LogP contribution in [0.4, 0.5) is 0 Å². The first-order chi connectivity index (χ1) is 13.7. The number of carbonyl (C=O) groups excluding carboxylic acids is 2. The molecule has 0 aliphatic heterocycles. The van der Waals surface area contributed by atoms with Crippen molar-refractivity contribution in [3.63, 3.8) is 0 Å². The second-order valence-corrected chi connectivity index (χ2v) is 9.19. The Balaban J connectivity index is 2.17. The monoisotopic (exact) mass is 419 g/mol. The molecule has 1 heterocycles. The number of likely N-dealkylation sites (N-methyl/N-ethyl adjacent to an activating group) is 1. The summed E-state index contributed by atoms with van der Waals surface area (Å²) in [5.41, 5.74) is 1.37. The van der Waals surface area contributed by atoms with Gasteiger partial charge in [-0.25, -0.2) is 8.42 Å². The Morgan fingerprint density at radius 1 is 1.07 bits per heavy atom. The van der Waals surface area contributed by atoms with Gasteiger partial charge in [-0.2, -0.15) is 0 Å². The van der Waals surface area contributed by atoms with Gasteiger partial charge in [0.05, 0.1) is 32.1 Å². The minimum absolute atomic E-state index is 0.143. The second kappa shape index (κ2) is 10.1. The quantitative estimate of drug-likeness (QED) is 0.490. The molecule has 0 saturated heterocycles. The molecule has 2 rings (SSSR count). The number of hydrogen-bond donors (Lipinski definition) is 3. The minimum atomic E-state index is -3.81. The zero-order valence-electron chi connectivity index (χ0n) is 16.8. The van der Waals surface area contributed by atoms with Crippen molar-refractivity contribution < 1.29 is 22.9 Å². The smallest absolute Gasteiger partial charge is 0.309 e. The van der Waals surface area contributed by atoms with Crippen LogP contribution in [-0.4, -0.2) is 58.9 Å².